The maximum atomic E-state index is 13.5. The van der Waals surface area contributed by atoms with Gasteiger partial charge in [0, 0.05) is 27.7 Å². The summed E-state index contributed by atoms with van der Waals surface area (Å²) < 4.78 is 47.9. The minimum atomic E-state index is -4.59. The molecule has 0 bridgehead atoms. The number of ether oxygens (including phenoxy) is 1. The van der Waals surface area contributed by atoms with Gasteiger partial charge in [-0.1, -0.05) is 40.2 Å². The smallest absolute Gasteiger partial charge is 0.416 e. The van der Waals surface area contributed by atoms with E-state index >= 15 is 0 Å². The molecule has 0 aliphatic rings. The van der Waals surface area contributed by atoms with Gasteiger partial charge in [0.1, 0.15) is 12.4 Å². The topological polar surface area (TPSA) is 99.6 Å². The Kier molecular flexibility index (Phi) is 7.66. The quantitative estimate of drug-likeness (QED) is 0.108. The molecule has 206 valence electrons. The molecule has 0 radical (unpaired) electrons. The van der Waals surface area contributed by atoms with Crippen LogP contribution in [0.25, 0.3) is 22.3 Å². The first-order valence-electron chi connectivity index (χ1n) is 12.0. The zero-order valence-corrected chi connectivity index (χ0v) is 22.5. The van der Waals surface area contributed by atoms with E-state index in [4.69, 9.17) is 4.74 Å². The molecule has 0 aliphatic heterocycles. The van der Waals surface area contributed by atoms with Gasteiger partial charge < -0.3 is 4.74 Å². The minimum Gasteiger partial charge on any atom is -0.488 e. The highest BCUT2D eigenvalue weighted by molar-refractivity contribution is 9.10. The number of fused-ring (bicyclic) bond motifs is 1. The van der Waals surface area contributed by atoms with Gasteiger partial charge in [0.15, 0.2) is 5.82 Å². The summed E-state index contributed by atoms with van der Waals surface area (Å²) in [5.41, 5.74) is 0.00914. The lowest BCUT2D eigenvalue weighted by Gasteiger charge is -2.13. The van der Waals surface area contributed by atoms with E-state index in [1.807, 2.05) is 0 Å². The molecule has 4 aromatic carbocycles. The number of alkyl halides is 3. The Balaban J connectivity index is 1.55. The van der Waals surface area contributed by atoms with Crippen molar-refractivity contribution in [3.05, 3.63) is 133 Å². The number of para-hydroxylation sites is 1. The second kappa shape index (κ2) is 11.3. The molecule has 0 saturated heterocycles. The highest BCUT2D eigenvalue weighted by Gasteiger charge is 2.31. The maximum absolute atomic E-state index is 13.5. The zero-order chi connectivity index (χ0) is 29.1. The summed E-state index contributed by atoms with van der Waals surface area (Å²) in [4.78, 5) is 28.3. The number of benzene rings is 4. The van der Waals surface area contributed by atoms with E-state index in [2.05, 4.69) is 26.0 Å². The van der Waals surface area contributed by atoms with E-state index in [0.29, 0.717) is 26.9 Å². The summed E-state index contributed by atoms with van der Waals surface area (Å²) in [6.07, 6.45) is -3.24. The predicted octanol–water partition coefficient (Wildman–Crippen LogP) is 7.21. The molecular weight excluding hydrogens is 605 g/mol. The summed E-state index contributed by atoms with van der Waals surface area (Å²) in [7, 11) is 0. The molecular formula is C29H18BrF3N4O4. The molecule has 5 aromatic rings. The molecule has 12 heteroatoms. The van der Waals surface area contributed by atoms with Gasteiger partial charge in [0.2, 0.25) is 0 Å². The van der Waals surface area contributed by atoms with Crippen molar-refractivity contribution in [1.29, 1.82) is 0 Å². The van der Waals surface area contributed by atoms with Crippen molar-refractivity contribution in [1.82, 2.24) is 9.66 Å². The summed E-state index contributed by atoms with van der Waals surface area (Å²) in [6, 6.07) is 22.0. The average Bonchev–Trinajstić information content (AvgIpc) is 2.96. The van der Waals surface area contributed by atoms with Crippen LogP contribution >= 0.6 is 15.9 Å². The number of hydrogen-bond donors (Lipinski definition) is 0. The molecule has 1 heterocycles. The number of nitrogens with zero attached hydrogens (tertiary/aromatic N) is 4. The van der Waals surface area contributed by atoms with Gasteiger partial charge in [-0.2, -0.15) is 22.9 Å². The lowest BCUT2D eigenvalue weighted by Crippen LogP contribution is -2.20. The first-order chi connectivity index (χ1) is 19.6. The Morgan fingerprint density at radius 3 is 2.49 bits per heavy atom. The molecule has 0 unspecified atom stereocenters. The van der Waals surface area contributed by atoms with Gasteiger partial charge in [-0.25, -0.2) is 4.98 Å². The first kappa shape index (κ1) is 27.7. The van der Waals surface area contributed by atoms with Crippen molar-refractivity contribution in [2.75, 3.05) is 0 Å². The second-order valence-corrected chi connectivity index (χ2v) is 9.70. The lowest BCUT2D eigenvalue weighted by atomic mass is 10.1. The number of non-ortho nitro benzene ring substituents is 1. The molecule has 0 spiro atoms. The van der Waals surface area contributed by atoms with Crippen LogP contribution < -0.4 is 10.3 Å². The number of rotatable bonds is 7. The van der Waals surface area contributed by atoms with Crippen LogP contribution in [0, 0.1) is 10.1 Å². The molecule has 41 heavy (non-hydrogen) atoms. The van der Waals surface area contributed by atoms with E-state index in [1.165, 1.54) is 30.5 Å². The number of nitro benzene ring substituents is 1. The predicted molar refractivity (Wildman–Crippen MR) is 151 cm³/mol. The second-order valence-electron chi connectivity index (χ2n) is 8.79. The Hall–Kier alpha value is -4.84. The molecule has 0 fully saturated rings. The Morgan fingerprint density at radius 1 is 1.00 bits per heavy atom. The van der Waals surface area contributed by atoms with Crippen LogP contribution in [0.3, 0.4) is 0 Å². The SMILES string of the molecule is O=c1c2ccccc2nc(-c2cccc(C(F)(F)F)c2)n1N=Cc1cc(Br)ccc1OCc1ccc([N+](=O)[O-])cc1. The number of halogens is 4. The van der Waals surface area contributed by atoms with Crippen LogP contribution in [-0.2, 0) is 12.8 Å². The average molecular weight is 623 g/mol. The molecule has 0 N–H and O–H groups in total. The molecule has 5 rings (SSSR count). The third-order valence-corrected chi connectivity index (χ3v) is 6.52. The lowest BCUT2D eigenvalue weighted by molar-refractivity contribution is -0.384. The van der Waals surface area contributed by atoms with E-state index < -0.39 is 22.2 Å². The zero-order valence-electron chi connectivity index (χ0n) is 20.9. The van der Waals surface area contributed by atoms with Crippen LogP contribution in [0.1, 0.15) is 16.7 Å². The number of nitro groups is 1. The number of hydrogen-bond acceptors (Lipinski definition) is 6. The van der Waals surface area contributed by atoms with Gasteiger partial charge in [-0.3, -0.25) is 14.9 Å². The summed E-state index contributed by atoms with van der Waals surface area (Å²) in [6.45, 7) is 0.0907. The fourth-order valence-electron chi connectivity index (χ4n) is 4.00. The standard InChI is InChI=1S/C29H18BrF3N4O4/c30-22-10-13-26(41-17-18-8-11-23(12-9-18)37(39)40)20(15-22)16-34-36-27(19-4-3-5-21(14-19)29(31,32)33)35-25-7-2-1-6-24(25)28(36)38/h1-16H,17H2. The van der Waals surface area contributed by atoms with Crippen LogP contribution in [0.5, 0.6) is 5.75 Å². The summed E-state index contributed by atoms with van der Waals surface area (Å²) >= 11 is 3.40. The van der Waals surface area contributed by atoms with Crippen molar-refractivity contribution in [3.8, 4) is 17.1 Å². The van der Waals surface area contributed by atoms with Gasteiger partial charge in [-0.05, 0) is 60.2 Å². The van der Waals surface area contributed by atoms with Gasteiger partial charge >= 0.3 is 6.18 Å². The van der Waals surface area contributed by atoms with Crippen molar-refractivity contribution in [2.24, 2.45) is 5.10 Å². The maximum Gasteiger partial charge on any atom is 0.416 e. The van der Waals surface area contributed by atoms with Crippen molar-refractivity contribution < 1.29 is 22.8 Å². The first-order valence-corrected chi connectivity index (χ1v) is 12.8. The highest BCUT2D eigenvalue weighted by Crippen LogP contribution is 2.32. The fourth-order valence-corrected chi connectivity index (χ4v) is 4.38. The van der Waals surface area contributed by atoms with Crippen LogP contribution in [0.2, 0.25) is 0 Å². The van der Waals surface area contributed by atoms with Gasteiger partial charge in [0.25, 0.3) is 11.2 Å². The molecule has 8 nitrogen and oxygen atoms in total. The molecule has 0 atom stereocenters. The van der Waals surface area contributed by atoms with Gasteiger partial charge in [-0.15, -0.1) is 0 Å². The van der Waals surface area contributed by atoms with Crippen molar-refractivity contribution in [2.45, 2.75) is 12.8 Å². The Bertz CT molecular complexity index is 1850. The normalized spacial score (nSPS) is 11.7. The van der Waals surface area contributed by atoms with E-state index in [9.17, 15) is 28.1 Å². The number of aromatic nitrogens is 2. The highest BCUT2D eigenvalue weighted by atomic mass is 79.9. The third kappa shape index (κ3) is 6.17. The van der Waals surface area contributed by atoms with E-state index in [-0.39, 0.29) is 29.1 Å². The largest absolute Gasteiger partial charge is 0.488 e. The van der Waals surface area contributed by atoms with E-state index in [0.717, 1.165) is 16.8 Å². The molecule has 0 aliphatic carbocycles. The van der Waals surface area contributed by atoms with Crippen LogP contribution in [0.15, 0.2) is 105 Å². The van der Waals surface area contributed by atoms with Crippen molar-refractivity contribution >= 4 is 38.7 Å². The Morgan fingerprint density at radius 2 is 1.76 bits per heavy atom. The molecule has 0 amide bonds. The Labute approximate surface area is 238 Å². The third-order valence-electron chi connectivity index (χ3n) is 6.03. The summed E-state index contributed by atoms with van der Waals surface area (Å²) in [5.74, 6) is 0.317. The van der Waals surface area contributed by atoms with Crippen molar-refractivity contribution in [3.63, 3.8) is 0 Å². The van der Waals surface area contributed by atoms with E-state index in [1.54, 1.807) is 54.6 Å². The van der Waals surface area contributed by atoms with Crippen LogP contribution in [-0.4, -0.2) is 20.8 Å². The van der Waals surface area contributed by atoms with Crippen LogP contribution in [0.4, 0.5) is 18.9 Å². The monoisotopic (exact) mass is 622 g/mol. The molecule has 1 aromatic heterocycles. The fraction of sp³-hybridized carbons (Fsp3) is 0.0690. The summed E-state index contributed by atoms with van der Waals surface area (Å²) in [5, 5.41) is 15.5. The van der Waals surface area contributed by atoms with Gasteiger partial charge in [0.05, 0.1) is 27.6 Å². The molecule has 0 saturated carbocycles. The minimum absolute atomic E-state index is 0.0452.